The molecule has 8 heteroatoms. The standard InChI is InChI=1S/C19H21ClFN3O3/c1-13-17(18(20)24(22-13)15-8-6-14(21)7-9-15)19(26)27-12-16(25)23-10-4-2-3-5-11-23/h6-9H,2-5,10-12H2,1H3. The molecular weight excluding hydrogens is 373 g/mol. The molecule has 144 valence electrons. The Morgan fingerprint density at radius 3 is 2.41 bits per heavy atom. The van der Waals surface area contributed by atoms with E-state index in [0.717, 1.165) is 25.7 Å². The summed E-state index contributed by atoms with van der Waals surface area (Å²) in [6, 6.07) is 5.57. The number of nitrogens with zero attached hydrogens (tertiary/aromatic N) is 3. The predicted octanol–water partition coefficient (Wildman–Crippen LogP) is 3.53. The van der Waals surface area contributed by atoms with E-state index in [1.807, 2.05) is 0 Å². The van der Waals surface area contributed by atoms with Gasteiger partial charge < -0.3 is 9.64 Å². The molecule has 0 bridgehead atoms. The van der Waals surface area contributed by atoms with E-state index in [-0.39, 0.29) is 29.0 Å². The molecule has 1 amide bonds. The molecule has 0 aliphatic carbocycles. The molecule has 1 saturated heterocycles. The van der Waals surface area contributed by atoms with E-state index in [2.05, 4.69) is 5.10 Å². The molecule has 6 nitrogen and oxygen atoms in total. The zero-order valence-corrected chi connectivity index (χ0v) is 15.8. The van der Waals surface area contributed by atoms with Crippen molar-refractivity contribution in [3.05, 3.63) is 46.5 Å². The molecule has 0 spiro atoms. The highest BCUT2D eigenvalue weighted by Crippen LogP contribution is 2.24. The van der Waals surface area contributed by atoms with Gasteiger partial charge in [0.2, 0.25) is 0 Å². The number of amides is 1. The normalized spacial score (nSPS) is 14.7. The summed E-state index contributed by atoms with van der Waals surface area (Å²) in [6.07, 6.45) is 4.16. The third-order valence-corrected chi connectivity index (χ3v) is 4.91. The van der Waals surface area contributed by atoms with Gasteiger partial charge in [-0.2, -0.15) is 5.10 Å². The van der Waals surface area contributed by atoms with Crippen molar-refractivity contribution in [1.29, 1.82) is 0 Å². The van der Waals surface area contributed by atoms with E-state index < -0.39 is 5.97 Å². The van der Waals surface area contributed by atoms with Gasteiger partial charge in [0.1, 0.15) is 16.5 Å². The first kappa shape index (κ1) is 19.4. The van der Waals surface area contributed by atoms with Gasteiger partial charge >= 0.3 is 5.97 Å². The largest absolute Gasteiger partial charge is 0.452 e. The second-order valence-electron chi connectivity index (χ2n) is 6.51. The first-order valence-electron chi connectivity index (χ1n) is 8.93. The van der Waals surface area contributed by atoms with Crippen molar-refractivity contribution >= 4 is 23.5 Å². The van der Waals surface area contributed by atoms with Crippen molar-refractivity contribution in [2.24, 2.45) is 0 Å². The van der Waals surface area contributed by atoms with Crippen LogP contribution in [-0.4, -0.2) is 46.3 Å². The fourth-order valence-corrected chi connectivity index (χ4v) is 3.44. The van der Waals surface area contributed by atoms with Crippen LogP contribution in [0.1, 0.15) is 41.7 Å². The minimum Gasteiger partial charge on any atom is -0.452 e. The summed E-state index contributed by atoms with van der Waals surface area (Å²) < 4.78 is 19.6. The van der Waals surface area contributed by atoms with Crippen molar-refractivity contribution < 1.29 is 18.7 Å². The third kappa shape index (κ3) is 4.47. The number of rotatable bonds is 4. The van der Waals surface area contributed by atoms with Crippen LogP contribution >= 0.6 is 11.6 Å². The molecule has 0 atom stereocenters. The Hall–Kier alpha value is -2.41. The number of hydrogen-bond donors (Lipinski definition) is 0. The first-order chi connectivity index (χ1) is 13.0. The summed E-state index contributed by atoms with van der Waals surface area (Å²) >= 11 is 6.29. The highest BCUT2D eigenvalue weighted by Gasteiger charge is 2.24. The van der Waals surface area contributed by atoms with Gasteiger partial charge in [0.05, 0.1) is 11.4 Å². The molecule has 1 aromatic carbocycles. The molecule has 0 N–H and O–H groups in total. The van der Waals surface area contributed by atoms with Crippen LogP contribution in [0, 0.1) is 12.7 Å². The van der Waals surface area contributed by atoms with Gasteiger partial charge in [-0.05, 0) is 44.0 Å². The van der Waals surface area contributed by atoms with Gasteiger partial charge in [-0.3, -0.25) is 4.79 Å². The van der Waals surface area contributed by atoms with Crippen LogP contribution in [0.2, 0.25) is 5.15 Å². The van der Waals surface area contributed by atoms with Crippen LogP contribution in [-0.2, 0) is 9.53 Å². The Balaban J connectivity index is 1.69. The molecule has 1 aliphatic rings. The molecule has 1 aromatic heterocycles. The molecule has 1 fully saturated rings. The van der Waals surface area contributed by atoms with Crippen LogP contribution in [0.25, 0.3) is 5.69 Å². The Morgan fingerprint density at radius 1 is 1.15 bits per heavy atom. The number of aromatic nitrogens is 2. The number of likely N-dealkylation sites (tertiary alicyclic amines) is 1. The van der Waals surface area contributed by atoms with Crippen LogP contribution in [0.4, 0.5) is 4.39 Å². The smallest absolute Gasteiger partial charge is 0.343 e. The molecule has 1 aliphatic heterocycles. The number of carbonyl (C=O) groups excluding carboxylic acids is 2. The number of esters is 1. The Bertz CT molecular complexity index is 827. The van der Waals surface area contributed by atoms with Crippen molar-refractivity contribution in [2.45, 2.75) is 32.6 Å². The van der Waals surface area contributed by atoms with Crippen molar-refractivity contribution in [2.75, 3.05) is 19.7 Å². The Kier molecular flexibility index (Phi) is 6.11. The number of hydrogen-bond acceptors (Lipinski definition) is 4. The highest BCUT2D eigenvalue weighted by atomic mass is 35.5. The average Bonchev–Trinajstić information content (AvgIpc) is 2.83. The molecule has 27 heavy (non-hydrogen) atoms. The summed E-state index contributed by atoms with van der Waals surface area (Å²) in [5.74, 6) is -1.29. The second kappa shape index (κ2) is 8.52. The lowest BCUT2D eigenvalue weighted by Crippen LogP contribution is -2.35. The van der Waals surface area contributed by atoms with Gasteiger partial charge in [0.15, 0.2) is 6.61 Å². The summed E-state index contributed by atoms with van der Waals surface area (Å²) in [6.45, 7) is 2.69. The monoisotopic (exact) mass is 393 g/mol. The molecule has 0 radical (unpaired) electrons. The predicted molar refractivity (Wildman–Crippen MR) is 98.6 cm³/mol. The summed E-state index contributed by atoms with van der Waals surface area (Å²) in [4.78, 5) is 26.5. The van der Waals surface area contributed by atoms with Gasteiger partial charge in [-0.25, -0.2) is 13.9 Å². The number of benzene rings is 1. The van der Waals surface area contributed by atoms with E-state index in [4.69, 9.17) is 16.3 Å². The lowest BCUT2D eigenvalue weighted by atomic mass is 10.2. The van der Waals surface area contributed by atoms with Crippen molar-refractivity contribution in [1.82, 2.24) is 14.7 Å². The maximum absolute atomic E-state index is 13.1. The number of ether oxygens (including phenoxy) is 1. The zero-order chi connectivity index (χ0) is 19.4. The second-order valence-corrected chi connectivity index (χ2v) is 6.87. The van der Waals surface area contributed by atoms with Crippen LogP contribution < -0.4 is 0 Å². The minimum atomic E-state index is -0.700. The summed E-state index contributed by atoms with van der Waals surface area (Å²) in [5, 5.41) is 4.29. The van der Waals surface area contributed by atoms with Crippen LogP contribution in [0.3, 0.4) is 0 Å². The quantitative estimate of drug-likeness (QED) is 0.745. The van der Waals surface area contributed by atoms with Gasteiger partial charge in [-0.15, -0.1) is 0 Å². The fraction of sp³-hybridized carbons (Fsp3) is 0.421. The van der Waals surface area contributed by atoms with Crippen LogP contribution in [0.15, 0.2) is 24.3 Å². The maximum atomic E-state index is 13.1. The highest BCUT2D eigenvalue weighted by molar-refractivity contribution is 6.33. The van der Waals surface area contributed by atoms with E-state index >= 15 is 0 Å². The topological polar surface area (TPSA) is 64.4 Å². The van der Waals surface area contributed by atoms with E-state index in [9.17, 15) is 14.0 Å². The molecular formula is C19H21ClFN3O3. The van der Waals surface area contributed by atoms with E-state index in [1.54, 1.807) is 11.8 Å². The van der Waals surface area contributed by atoms with Gasteiger partial charge in [-0.1, -0.05) is 24.4 Å². The summed E-state index contributed by atoms with van der Waals surface area (Å²) in [5.41, 5.74) is 0.991. The number of halogens is 2. The molecule has 2 aromatic rings. The lowest BCUT2D eigenvalue weighted by molar-refractivity contribution is -0.134. The van der Waals surface area contributed by atoms with Gasteiger partial charge in [0, 0.05) is 13.1 Å². The third-order valence-electron chi connectivity index (χ3n) is 4.56. The molecule has 0 saturated carbocycles. The Labute approximate surface area is 161 Å². The maximum Gasteiger partial charge on any atom is 0.343 e. The molecule has 0 unspecified atom stereocenters. The number of aryl methyl sites for hydroxylation is 1. The first-order valence-corrected chi connectivity index (χ1v) is 9.31. The summed E-state index contributed by atoms with van der Waals surface area (Å²) in [7, 11) is 0. The van der Waals surface area contributed by atoms with Crippen LogP contribution in [0.5, 0.6) is 0 Å². The van der Waals surface area contributed by atoms with E-state index in [0.29, 0.717) is 24.5 Å². The van der Waals surface area contributed by atoms with Crippen molar-refractivity contribution in [3.63, 3.8) is 0 Å². The molecule has 3 rings (SSSR count). The van der Waals surface area contributed by atoms with E-state index in [1.165, 1.54) is 28.9 Å². The minimum absolute atomic E-state index is 0.0614. The number of carbonyl (C=O) groups is 2. The zero-order valence-electron chi connectivity index (χ0n) is 15.1. The molecule has 2 heterocycles. The Morgan fingerprint density at radius 2 is 1.78 bits per heavy atom. The van der Waals surface area contributed by atoms with Gasteiger partial charge in [0.25, 0.3) is 5.91 Å². The lowest BCUT2D eigenvalue weighted by Gasteiger charge is -2.19. The fourth-order valence-electron chi connectivity index (χ4n) is 3.10. The SMILES string of the molecule is Cc1nn(-c2ccc(F)cc2)c(Cl)c1C(=O)OCC(=O)N1CCCCCC1. The van der Waals surface area contributed by atoms with Crippen molar-refractivity contribution in [3.8, 4) is 5.69 Å². The average molecular weight is 394 g/mol.